The van der Waals surface area contributed by atoms with Gasteiger partial charge in [-0.3, -0.25) is 0 Å². The van der Waals surface area contributed by atoms with Crippen LogP contribution < -0.4 is 4.90 Å². The van der Waals surface area contributed by atoms with Crippen LogP contribution >= 0.6 is 11.6 Å². The van der Waals surface area contributed by atoms with E-state index in [2.05, 4.69) is 30.1 Å². The van der Waals surface area contributed by atoms with Crippen molar-refractivity contribution in [3.8, 4) is 6.07 Å². The lowest BCUT2D eigenvalue weighted by atomic mass is 10.1. The minimum absolute atomic E-state index is 0.325. The average molecular weight is 272 g/mol. The summed E-state index contributed by atoms with van der Waals surface area (Å²) in [6, 6.07) is 13.6. The molecular formula is C15H14ClN3. The molecule has 0 saturated carbocycles. The molecule has 0 radical (unpaired) electrons. The summed E-state index contributed by atoms with van der Waals surface area (Å²) in [6.45, 7) is 2.12. The molecule has 1 aromatic heterocycles. The third-order valence-electron chi connectivity index (χ3n) is 2.99. The van der Waals surface area contributed by atoms with Gasteiger partial charge >= 0.3 is 0 Å². The Labute approximate surface area is 118 Å². The summed E-state index contributed by atoms with van der Waals surface area (Å²) in [4.78, 5) is 6.15. The molecule has 19 heavy (non-hydrogen) atoms. The van der Waals surface area contributed by atoms with E-state index < -0.39 is 0 Å². The summed E-state index contributed by atoms with van der Waals surface area (Å²) in [5.41, 5.74) is 2.80. The van der Waals surface area contributed by atoms with Crippen molar-refractivity contribution in [2.45, 2.75) is 13.3 Å². The predicted octanol–water partition coefficient (Wildman–Crippen LogP) is 3.94. The zero-order valence-corrected chi connectivity index (χ0v) is 11.6. The number of nitrogens with zero attached hydrogens (tertiary/aromatic N) is 3. The summed E-state index contributed by atoms with van der Waals surface area (Å²) < 4.78 is 0. The fourth-order valence-electron chi connectivity index (χ4n) is 1.81. The van der Waals surface area contributed by atoms with Crippen molar-refractivity contribution in [1.82, 2.24) is 4.98 Å². The van der Waals surface area contributed by atoms with Gasteiger partial charge in [0.1, 0.15) is 11.0 Å². The minimum atomic E-state index is 0.325. The van der Waals surface area contributed by atoms with Crippen LogP contribution in [0.4, 0.5) is 11.5 Å². The van der Waals surface area contributed by atoms with Gasteiger partial charge in [-0.05, 0) is 36.2 Å². The maximum Gasteiger partial charge on any atom is 0.135 e. The number of hydrogen-bond acceptors (Lipinski definition) is 3. The second-order valence-electron chi connectivity index (χ2n) is 4.23. The van der Waals surface area contributed by atoms with Crippen molar-refractivity contribution >= 4 is 23.1 Å². The number of aromatic nitrogens is 1. The minimum Gasteiger partial charge on any atom is -0.329 e. The maximum atomic E-state index is 8.95. The Bertz CT molecular complexity index is 614. The summed E-state index contributed by atoms with van der Waals surface area (Å²) >= 11 is 5.92. The molecule has 0 N–H and O–H groups in total. The Morgan fingerprint density at radius 2 is 1.95 bits per heavy atom. The highest BCUT2D eigenvalue weighted by Gasteiger charge is 2.08. The van der Waals surface area contributed by atoms with Gasteiger partial charge in [-0.2, -0.15) is 5.26 Å². The average Bonchev–Trinajstić information content (AvgIpc) is 2.46. The molecule has 4 heteroatoms. The third kappa shape index (κ3) is 3.04. The van der Waals surface area contributed by atoms with Gasteiger partial charge in [0.25, 0.3) is 0 Å². The molecule has 0 aliphatic heterocycles. The van der Waals surface area contributed by atoms with Crippen molar-refractivity contribution in [2.24, 2.45) is 0 Å². The van der Waals surface area contributed by atoms with Crippen molar-refractivity contribution in [2.75, 3.05) is 11.9 Å². The molecule has 0 fully saturated rings. The van der Waals surface area contributed by atoms with Gasteiger partial charge in [-0.25, -0.2) is 4.98 Å². The van der Waals surface area contributed by atoms with E-state index in [-0.39, 0.29) is 0 Å². The normalized spacial score (nSPS) is 10.0. The van der Waals surface area contributed by atoms with Gasteiger partial charge in [-0.15, -0.1) is 0 Å². The van der Waals surface area contributed by atoms with Gasteiger partial charge in [0.15, 0.2) is 0 Å². The topological polar surface area (TPSA) is 39.9 Å². The zero-order valence-electron chi connectivity index (χ0n) is 10.9. The van der Waals surface area contributed by atoms with E-state index in [0.29, 0.717) is 16.5 Å². The van der Waals surface area contributed by atoms with Crippen LogP contribution in [0.3, 0.4) is 0 Å². The molecule has 0 atom stereocenters. The maximum absolute atomic E-state index is 8.95. The molecule has 2 aromatic rings. The first-order chi connectivity index (χ1) is 9.13. The summed E-state index contributed by atoms with van der Waals surface area (Å²) in [7, 11) is 1.90. The molecule has 0 saturated heterocycles. The summed E-state index contributed by atoms with van der Waals surface area (Å²) in [5.74, 6) is 0.660. The number of aryl methyl sites for hydroxylation is 1. The highest BCUT2D eigenvalue weighted by atomic mass is 35.5. The molecule has 0 spiro atoms. The van der Waals surface area contributed by atoms with E-state index in [0.717, 1.165) is 12.1 Å². The van der Waals surface area contributed by atoms with Gasteiger partial charge < -0.3 is 4.90 Å². The monoisotopic (exact) mass is 271 g/mol. The molecule has 0 amide bonds. The van der Waals surface area contributed by atoms with Crippen molar-refractivity contribution < 1.29 is 0 Å². The number of pyridine rings is 1. The Kier molecular flexibility index (Phi) is 4.03. The van der Waals surface area contributed by atoms with E-state index in [1.807, 2.05) is 24.1 Å². The van der Waals surface area contributed by atoms with E-state index >= 15 is 0 Å². The highest BCUT2D eigenvalue weighted by Crippen LogP contribution is 2.24. The molecule has 2 rings (SSSR count). The molecule has 0 unspecified atom stereocenters. The number of nitriles is 1. The van der Waals surface area contributed by atoms with Crippen molar-refractivity contribution in [3.05, 3.63) is 52.7 Å². The molecule has 0 aliphatic rings. The van der Waals surface area contributed by atoms with E-state index in [1.165, 1.54) is 5.56 Å². The summed E-state index contributed by atoms with van der Waals surface area (Å²) in [5, 5.41) is 9.28. The van der Waals surface area contributed by atoms with Crippen LogP contribution in [0.2, 0.25) is 5.15 Å². The van der Waals surface area contributed by atoms with Crippen molar-refractivity contribution in [1.29, 1.82) is 5.26 Å². The molecule has 1 aromatic carbocycles. The van der Waals surface area contributed by atoms with Crippen LogP contribution in [-0.4, -0.2) is 12.0 Å². The van der Waals surface area contributed by atoms with Crippen molar-refractivity contribution in [3.63, 3.8) is 0 Å². The lowest BCUT2D eigenvalue weighted by Crippen LogP contribution is -2.11. The van der Waals surface area contributed by atoms with E-state index in [9.17, 15) is 0 Å². The third-order valence-corrected chi connectivity index (χ3v) is 3.18. The fraction of sp³-hybridized carbons (Fsp3) is 0.200. The molecule has 96 valence electrons. The first-order valence-electron chi connectivity index (χ1n) is 6.04. The number of benzene rings is 1. The van der Waals surface area contributed by atoms with Gasteiger partial charge in [0, 0.05) is 12.7 Å². The molecular weight excluding hydrogens is 258 g/mol. The summed E-state index contributed by atoms with van der Waals surface area (Å²) in [6.07, 6.45) is 1.01. The first kappa shape index (κ1) is 13.4. The van der Waals surface area contributed by atoms with E-state index in [4.69, 9.17) is 16.9 Å². The molecule has 0 aliphatic carbocycles. The van der Waals surface area contributed by atoms with Crippen LogP contribution in [0, 0.1) is 11.3 Å². The first-order valence-corrected chi connectivity index (χ1v) is 6.42. The van der Waals surface area contributed by atoms with Crippen LogP contribution in [0.15, 0.2) is 36.4 Å². The molecule has 3 nitrogen and oxygen atoms in total. The van der Waals surface area contributed by atoms with Crippen LogP contribution in [0.25, 0.3) is 0 Å². The van der Waals surface area contributed by atoms with Gasteiger partial charge in [0.2, 0.25) is 0 Å². The Morgan fingerprint density at radius 1 is 1.26 bits per heavy atom. The number of rotatable bonds is 3. The van der Waals surface area contributed by atoms with Gasteiger partial charge in [0.05, 0.1) is 11.6 Å². The van der Waals surface area contributed by atoms with Crippen LogP contribution in [-0.2, 0) is 6.42 Å². The smallest absolute Gasteiger partial charge is 0.135 e. The van der Waals surface area contributed by atoms with Crippen LogP contribution in [0.1, 0.15) is 18.1 Å². The standard InChI is InChI=1S/C15H14ClN3/c1-3-11-4-6-13(7-5-11)19(2)15-9-12(10-17)8-14(16)18-15/h4-9H,3H2,1-2H3. The highest BCUT2D eigenvalue weighted by molar-refractivity contribution is 6.29. The van der Waals surface area contributed by atoms with Crippen LogP contribution in [0.5, 0.6) is 0 Å². The SMILES string of the molecule is CCc1ccc(N(C)c2cc(C#N)cc(Cl)n2)cc1. The number of hydrogen-bond donors (Lipinski definition) is 0. The Morgan fingerprint density at radius 3 is 2.53 bits per heavy atom. The second kappa shape index (κ2) is 5.73. The molecule has 0 bridgehead atoms. The fourth-order valence-corrected chi connectivity index (χ4v) is 2.01. The quantitative estimate of drug-likeness (QED) is 0.794. The lowest BCUT2D eigenvalue weighted by Gasteiger charge is -2.19. The second-order valence-corrected chi connectivity index (χ2v) is 4.61. The van der Waals surface area contributed by atoms with E-state index in [1.54, 1.807) is 12.1 Å². The van der Waals surface area contributed by atoms with Gasteiger partial charge in [-0.1, -0.05) is 30.7 Å². The zero-order chi connectivity index (χ0) is 13.8. The number of anilines is 2. The Balaban J connectivity index is 2.35. The Hall–Kier alpha value is -2.05. The lowest BCUT2D eigenvalue weighted by molar-refractivity contribution is 1.11. The predicted molar refractivity (Wildman–Crippen MR) is 77.8 cm³/mol. The number of halogens is 1. The molecule has 1 heterocycles. The largest absolute Gasteiger partial charge is 0.329 e.